The first-order chi connectivity index (χ1) is 8.13. The van der Waals surface area contributed by atoms with E-state index in [1.54, 1.807) is 6.07 Å². The molecule has 1 aromatic rings. The van der Waals surface area contributed by atoms with Crippen molar-refractivity contribution >= 4 is 11.6 Å². The van der Waals surface area contributed by atoms with Gasteiger partial charge in [-0.1, -0.05) is 0 Å². The first kappa shape index (κ1) is 10.7. The van der Waals surface area contributed by atoms with Crippen LogP contribution in [0.15, 0.2) is 12.3 Å². The summed E-state index contributed by atoms with van der Waals surface area (Å²) >= 11 is 0. The van der Waals surface area contributed by atoms with Crippen molar-refractivity contribution in [3.8, 4) is 0 Å². The van der Waals surface area contributed by atoms with Crippen LogP contribution in [0.2, 0.25) is 0 Å². The Bertz CT molecular complexity index is 445. The Morgan fingerprint density at radius 1 is 1.47 bits per heavy atom. The van der Waals surface area contributed by atoms with Crippen molar-refractivity contribution in [1.29, 1.82) is 0 Å². The van der Waals surface area contributed by atoms with Crippen molar-refractivity contribution in [1.82, 2.24) is 9.88 Å². The van der Waals surface area contributed by atoms with Crippen molar-refractivity contribution < 1.29 is 9.90 Å². The molecule has 5 heteroatoms. The first-order valence-corrected chi connectivity index (χ1v) is 6.10. The zero-order chi connectivity index (χ0) is 12.0. The Balaban J connectivity index is 1.71. The third-order valence-corrected chi connectivity index (χ3v) is 3.49. The van der Waals surface area contributed by atoms with Crippen LogP contribution in [0.25, 0.3) is 0 Å². The molecule has 2 aliphatic carbocycles. The molecule has 0 saturated heterocycles. The van der Waals surface area contributed by atoms with Crippen LogP contribution in [0.1, 0.15) is 42.2 Å². The fraction of sp³-hybridized carbons (Fsp3) is 0.583. The molecular weight excluding hydrogens is 218 g/mol. The van der Waals surface area contributed by atoms with E-state index in [2.05, 4.69) is 5.32 Å². The maximum atomic E-state index is 12.1. The van der Waals surface area contributed by atoms with Crippen molar-refractivity contribution in [2.45, 2.75) is 43.9 Å². The number of aliphatic hydroxyl groups is 1. The summed E-state index contributed by atoms with van der Waals surface area (Å²) in [6.45, 7) is 0. The number of carbonyl (C=O) groups excluding carboxylic acids is 1. The first-order valence-electron chi connectivity index (χ1n) is 6.10. The molecule has 2 aliphatic rings. The van der Waals surface area contributed by atoms with Crippen molar-refractivity contribution in [2.75, 3.05) is 5.73 Å². The van der Waals surface area contributed by atoms with Gasteiger partial charge in [0.1, 0.15) is 5.69 Å². The highest BCUT2D eigenvalue weighted by Gasteiger charge is 2.31. The summed E-state index contributed by atoms with van der Waals surface area (Å²) in [7, 11) is 0. The van der Waals surface area contributed by atoms with Gasteiger partial charge in [-0.25, -0.2) is 0 Å². The summed E-state index contributed by atoms with van der Waals surface area (Å²) in [5, 5.41) is 12.1. The molecule has 0 aliphatic heterocycles. The van der Waals surface area contributed by atoms with Gasteiger partial charge in [-0.15, -0.1) is 0 Å². The molecule has 1 heterocycles. The van der Waals surface area contributed by atoms with E-state index in [9.17, 15) is 9.90 Å². The van der Waals surface area contributed by atoms with E-state index in [0.717, 1.165) is 12.8 Å². The van der Waals surface area contributed by atoms with Gasteiger partial charge in [0, 0.05) is 18.3 Å². The summed E-state index contributed by atoms with van der Waals surface area (Å²) in [4.78, 5) is 12.1. The number of aliphatic hydroxyl groups excluding tert-OH is 1. The van der Waals surface area contributed by atoms with Crippen LogP contribution < -0.4 is 11.1 Å². The number of amides is 1. The zero-order valence-electron chi connectivity index (χ0n) is 9.60. The second-order valence-corrected chi connectivity index (χ2v) is 5.09. The van der Waals surface area contributed by atoms with Crippen molar-refractivity contribution in [3.63, 3.8) is 0 Å². The molecule has 0 atom stereocenters. The number of hydrogen-bond donors (Lipinski definition) is 3. The van der Waals surface area contributed by atoms with E-state index in [1.807, 2.05) is 10.8 Å². The number of nitrogens with one attached hydrogen (secondary N) is 1. The van der Waals surface area contributed by atoms with Gasteiger partial charge < -0.3 is 20.7 Å². The molecule has 0 unspecified atom stereocenters. The number of aromatic nitrogens is 1. The Morgan fingerprint density at radius 2 is 2.18 bits per heavy atom. The number of nitrogen functional groups attached to an aromatic ring is 1. The van der Waals surface area contributed by atoms with Gasteiger partial charge in [0.2, 0.25) is 0 Å². The number of nitrogens with two attached hydrogens (primary N) is 1. The summed E-state index contributed by atoms with van der Waals surface area (Å²) in [5.41, 5.74) is 7.02. The summed E-state index contributed by atoms with van der Waals surface area (Å²) in [6, 6.07) is 2.28. The van der Waals surface area contributed by atoms with Crippen molar-refractivity contribution in [2.24, 2.45) is 0 Å². The summed E-state index contributed by atoms with van der Waals surface area (Å²) in [6.07, 6.45) is 5.15. The van der Waals surface area contributed by atoms with E-state index in [0.29, 0.717) is 30.3 Å². The number of carbonyl (C=O) groups is 1. The monoisotopic (exact) mass is 235 g/mol. The van der Waals surface area contributed by atoms with Gasteiger partial charge >= 0.3 is 0 Å². The van der Waals surface area contributed by atoms with Crippen molar-refractivity contribution in [3.05, 3.63) is 18.0 Å². The summed E-state index contributed by atoms with van der Waals surface area (Å²) in [5.74, 6) is -0.0782. The van der Waals surface area contributed by atoms with Crippen LogP contribution in [0, 0.1) is 0 Å². The topological polar surface area (TPSA) is 80.3 Å². The van der Waals surface area contributed by atoms with Gasteiger partial charge in [0.25, 0.3) is 5.91 Å². The fourth-order valence-corrected chi connectivity index (χ4v) is 2.30. The molecule has 0 radical (unpaired) electrons. The minimum Gasteiger partial charge on any atom is -0.397 e. The van der Waals surface area contributed by atoms with Crippen LogP contribution in [0.4, 0.5) is 5.69 Å². The molecule has 0 bridgehead atoms. The van der Waals surface area contributed by atoms with E-state index in [4.69, 9.17) is 5.73 Å². The molecule has 4 N–H and O–H groups in total. The molecule has 2 saturated carbocycles. The number of anilines is 1. The molecule has 92 valence electrons. The van der Waals surface area contributed by atoms with Gasteiger partial charge in [-0.3, -0.25) is 4.79 Å². The molecule has 3 rings (SSSR count). The minimum absolute atomic E-state index is 0.0782. The number of rotatable bonds is 3. The average Bonchev–Trinajstić information content (AvgIpc) is 3.00. The Labute approximate surface area is 99.6 Å². The lowest BCUT2D eigenvalue weighted by Gasteiger charge is -2.31. The van der Waals surface area contributed by atoms with E-state index < -0.39 is 0 Å². The predicted molar refractivity (Wildman–Crippen MR) is 63.6 cm³/mol. The minimum atomic E-state index is -0.249. The zero-order valence-corrected chi connectivity index (χ0v) is 9.60. The molecule has 1 aromatic heterocycles. The normalized spacial score (nSPS) is 27.6. The fourth-order valence-electron chi connectivity index (χ4n) is 2.30. The highest BCUT2D eigenvalue weighted by Crippen LogP contribution is 2.37. The lowest BCUT2D eigenvalue weighted by molar-refractivity contribution is 0.0559. The predicted octanol–water partition coefficient (Wildman–Crippen LogP) is 0.658. The number of hydrogen-bond acceptors (Lipinski definition) is 3. The molecule has 17 heavy (non-hydrogen) atoms. The maximum absolute atomic E-state index is 12.1. The molecule has 0 spiro atoms. The van der Waals surface area contributed by atoms with Gasteiger partial charge in [0.05, 0.1) is 11.8 Å². The Kier molecular flexibility index (Phi) is 2.36. The van der Waals surface area contributed by atoms with Crippen LogP contribution in [0.5, 0.6) is 0 Å². The van der Waals surface area contributed by atoms with Crippen LogP contribution in [-0.4, -0.2) is 27.7 Å². The largest absolute Gasteiger partial charge is 0.397 e. The van der Waals surface area contributed by atoms with E-state index in [1.165, 1.54) is 0 Å². The van der Waals surface area contributed by atoms with Crippen LogP contribution in [0.3, 0.4) is 0 Å². The van der Waals surface area contributed by atoms with Gasteiger partial charge in [-0.2, -0.15) is 0 Å². The third-order valence-electron chi connectivity index (χ3n) is 3.49. The summed E-state index contributed by atoms with van der Waals surface area (Å²) < 4.78 is 1.97. The highest BCUT2D eigenvalue weighted by atomic mass is 16.3. The molecule has 1 amide bonds. The quantitative estimate of drug-likeness (QED) is 0.720. The van der Waals surface area contributed by atoms with E-state index >= 15 is 0 Å². The maximum Gasteiger partial charge on any atom is 0.268 e. The SMILES string of the molecule is Nc1cc(C(=O)NC2CC(O)C2)n(C2CC2)c1. The second-order valence-electron chi connectivity index (χ2n) is 5.09. The van der Waals surface area contributed by atoms with E-state index in [-0.39, 0.29) is 18.1 Å². The average molecular weight is 235 g/mol. The second kappa shape index (κ2) is 3.77. The molecular formula is C12H17N3O2. The van der Waals surface area contributed by atoms with Crippen LogP contribution in [-0.2, 0) is 0 Å². The lowest BCUT2D eigenvalue weighted by atomic mass is 9.89. The lowest BCUT2D eigenvalue weighted by Crippen LogP contribution is -2.47. The Morgan fingerprint density at radius 3 is 2.76 bits per heavy atom. The Hall–Kier alpha value is -1.49. The molecule has 2 fully saturated rings. The number of nitrogens with zero attached hydrogens (tertiary/aromatic N) is 1. The van der Waals surface area contributed by atoms with Gasteiger partial charge in [0.15, 0.2) is 0 Å². The molecule has 0 aromatic carbocycles. The van der Waals surface area contributed by atoms with Crippen LogP contribution >= 0.6 is 0 Å². The molecule has 5 nitrogen and oxygen atoms in total. The highest BCUT2D eigenvalue weighted by molar-refractivity contribution is 5.94. The smallest absolute Gasteiger partial charge is 0.268 e. The van der Waals surface area contributed by atoms with Gasteiger partial charge in [-0.05, 0) is 31.7 Å². The standard InChI is InChI=1S/C12H17N3O2/c13-7-3-11(15(6-7)9-1-2-9)12(17)14-8-4-10(16)5-8/h3,6,8-10,16H,1-2,4-5,13H2,(H,14,17). The third kappa shape index (κ3) is 2.02.